The third-order valence-electron chi connectivity index (χ3n) is 8.24. The highest BCUT2D eigenvalue weighted by atomic mass is 35.5. The van der Waals surface area contributed by atoms with Crippen LogP contribution in [0.15, 0.2) is 30.5 Å². The zero-order valence-electron chi connectivity index (χ0n) is 19.9. The molecule has 6 rings (SSSR count). The molecule has 4 saturated carbocycles. The lowest BCUT2D eigenvalue weighted by atomic mass is 9.48. The van der Waals surface area contributed by atoms with Crippen LogP contribution in [0.25, 0.3) is 0 Å². The summed E-state index contributed by atoms with van der Waals surface area (Å²) in [4.78, 5) is 8.50. The Morgan fingerprint density at radius 1 is 1.14 bits per heavy atom. The van der Waals surface area contributed by atoms with Gasteiger partial charge in [0, 0.05) is 24.2 Å². The van der Waals surface area contributed by atoms with E-state index in [-0.39, 0.29) is 17.8 Å². The standard InChI is InChI=1S/C26H35ClFN5O2/c27-21-4-2-1-3-17(21)12-30-25-31-13-22(28)24(33-25)32-15-26-9-16-7-18(10-26)23(19(8-16)11-26)29-6-5-20(35)14-34/h1-4,13,16,18-20,23,29,34-35H,5-12,14-15H2,(H2,30,31,32,33)/t16?,18-,19+,20?,23?,26?. The first-order chi connectivity index (χ1) is 16.9. The van der Waals surface area contributed by atoms with Crippen molar-refractivity contribution in [3.05, 3.63) is 46.9 Å². The maximum Gasteiger partial charge on any atom is 0.225 e. The normalized spacial score (nSPS) is 29.8. The van der Waals surface area contributed by atoms with Crippen molar-refractivity contribution in [3.8, 4) is 0 Å². The summed E-state index contributed by atoms with van der Waals surface area (Å²) in [7, 11) is 0. The summed E-state index contributed by atoms with van der Waals surface area (Å²) < 4.78 is 14.6. The first-order valence-corrected chi connectivity index (χ1v) is 13.1. The van der Waals surface area contributed by atoms with E-state index in [9.17, 15) is 9.50 Å². The molecule has 0 spiro atoms. The number of nitrogens with one attached hydrogen (secondary N) is 3. The summed E-state index contributed by atoms with van der Waals surface area (Å²) in [6.45, 7) is 1.71. The average Bonchev–Trinajstić information content (AvgIpc) is 2.84. The van der Waals surface area contributed by atoms with Crippen molar-refractivity contribution in [2.45, 2.75) is 57.2 Å². The van der Waals surface area contributed by atoms with E-state index in [2.05, 4.69) is 25.9 Å². The maximum atomic E-state index is 14.6. The van der Waals surface area contributed by atoms with Crippen molar-refractivity contribution in [2.24, 2.45) is 23.2 Å². The van der Waals surface area contributed by atoms with Gasteiger partial charge in [0.25, 0.3) is 0 Å². The quantitative estimate of drug-likeness (QED) is 0.317. The molecule has 190 valence electrons. The molecule has 2 aromatic rings. The van der Waals surface area contributed by atoms with Gasteiger partial charge in [-0.2, -0.15) is 4.98 Å². The summed E-state index contributed by atoms with van der Waals surface area (Å²) in [6.07, 6.45) is 7.06. The van der Waals surface area contributed by atoms with Gasteiger partial charge >= 0.3 is 0 Å². The molecule has 4 unspecified atom stereocenters. The van der Waals surface area contributed by atoms with Gasteiger partial charge in [-0.1, -0.05) is 29.8 Å². The van der Waals surface area contributed by atoms with Crippen molar-refractivity contribution < 1.29 is 14.6 Å². The molecule has 4 fully saturated rings. The molecular weight excluding hydrogens is 469 g/mol. The number of aliphatic hydroxyl groups is 2. The Labute approximate surface area is 210 Å². The van der Waals surface area contributed by atoms with Crippen molar-refractivity contribution in [3.63, 3.8) is 0 Å². The molecule has 1 heterocycles. The minimum Gasteiger partial charge on any atom is -0.394 e. The van der Waals surface area contributed by atoms with Crippen molar-refractivity contribution in [1.82, 2.24) is 15.3 Å². The van der Waals surface area contributed by atoms with Crippen LogP contribution in [0, 0.1) is 29.0 Å². The van der Waals surface area contributed by atoms with Gasteiger partial charge < -0.3 is 26.2 Å². The molecule has 7 nitrogen and oxygen atoms in total. The number of aromatic nitrogens is 2. The lowest BCUT2D eigenvalue weighted by molar-refractivity contribution is -0.0699. The Kier molecular flexibility index (Phi) is 7.44. The molecular formula is C26H35ClFN5O2. The fourth-order valence-electron chi connectivity index (χ4n) is 6.91. The van der Waals surface area contributed by atoms with E-state index in [0.717, 1.165) is 30.9 Å². The molecule has 4 aliphatic rings. The van der Waals surface area contributed by atoms with Gasteiger partial charge in [-0.05, 0) is 79.9 Å². The van der Waals surface area contributed by atoms with Gasteiger partial charge in [0.05, 0.1) is 18.9 Å². The van der Waals surface area contributed by atoms with Crippen LogP contribution in [0.1, 0.15) is 44.1 Å². The van der Waals surface area contributed by atoms with E-state index >= 15 is 0 Å². The van der Waals surface area contributed by atoms with Crippen LogP contribution in [0.5, 0.6) is 0 Å². The second-order valence-electron chi connectivity index (χ2n) is 10.8. The summed E-state index contributed by atoms with van der Waals surface area (Å²) in [6, 6.07) is 8.04. The molecule has 9 heteroatoms. The molecule has 0 aliphatic heterocycles. The summed E-state index contributed by atoms with van der Waals surface area (Å²) >= 11 is 6.23. The predicted octanol–water partition coefficient (Wildman–Crippen LogP) is 3.82. The highest BCUT2D eigenvalue weighted by Gasteiger charge is 2.55. The third-order valence-corrected chi connectivity index (χ3v) is 8.61. The van der Waals surface area contributed by atoms with E-state index < -0.39 is 11.9 Å². The Morgan fingerprint density at radius 3 is 2.66 bits per heavy atom. The lowest BCUT2D eigenvalue weighted by Gasteiger charge is -2.60. The monoisotopic (exact) mass is 503 g/mol. The van der Waals surface area contributed by atoms with Crippen LogP contribution < -0.4 is 16.0 Å². The van der Waals surface area contributed by atoms with Crippen LogP contribution in [0.2, 0.25) is 5.02 Å². The SMILES string of the molecule is OCC(O)CCNC1[C@@H]2CC3C[C@H]1CC(CNc1nc(NCc4ccccc4Cl)ncc1F)(C3)C2. The zero-order valence-corrected chi connectivity index (χ0v) is 20.6. The molecule has 1 aromatic heterocycles. The molecule has 0 saturated heterocycles. The molecule has 0 radical (unpaired) electrons. The average molecular weight is 504 g/mol. The molecule has 6 atom stereocenters. The van der Waals surface area contributed by atoms with Gasteiger partial charge in [-0.15, -0.1) is 0 Å². The van der Waals surface area contributed by atoms with Crippen molar-refractivity contribution >= 4 is 23.4 Å². The number of hydrogen-bond donors (Lipinski definition) is 5. The Balaban J connectivity index is 1.19. The van der Waals surface area contributed by atoms with Crippen molar-refractivity contribution in [1.29, 1.82) is 0 Å². The van der Waals surface area contributed by atoms with E-state index in [4.69, 9.17) is 16.7 Å². The van der Waals surface area contributed by atoms with Crippen LogP contribution in [0.4, 0.5) is 16.2 Å². The summed E-state index contributed by atoms with van der Waals surface area (Å²) in [5.41, 5.74) is 1.10. The second kappa shape index (κ2) is 10.5. The molecule has 35 heavy (non-hydrogen) atoms. The number of rotatable bonds is 11. The zero-order chi connectivity index (χ0) is 24.4. The second-order valence-corrected chi connectivity index (χ2v) is 11.2. The smallest absolute Gasteiger partial charge is 0.225 e. The van der Waals surface area contributed by atoms with Crippen molar-refractivity contribution in [2.75, 3.05) is 30.3 Å². The Morgan fingerprint density at radius 2 is 1.91 bits per heavy atom. The third kappa shape index (κ3) is 5.56. The van der Waals surface area contributed by atoms with Gasteiger partial charge in [0.15, 0.2) is 11.6 Å². The van der Waals surface area contributed by atoms with Crippen LogP contribution in [0.3, 0.4) is 0 Å². The number of benzene rings is 1. The van der Waals surface area contributed by atoms with Crippen LogP contribution in [-0.2, 0) is 6.54 Å². The highest BCUT2D eigenvalue weighted by Crippen LogP contribution is 2.60. The fraction of sp³-hybridized carbons (Fsp3) is 0.615. The van der Waals surface area contributed by atoms with Gasteiger partial charge in [-0.25, -0.2) is 9.37 Å². The predicted molar refractivity (Wildman–Crippen MR) is 135 cm³/mol. The number of aliphatic hydroxyl groups excluding tert-OH is 2. The summed E-state index contributed by atoms with van der Waals surface area (Å²) in [5.74, 6) is 2.12. The fourth-order valence-corrected chi connectivity index (χ4v) is 7.12. The highest BCUT2D eigenvalue weighted by molar-refractivity contribution is 6.31. The van der Waals surface area contributed by atoms with E-state index in [0.29, 0.717) is 48.4 Å². The van der Waals surface area contributed by atoms with E-state index in [1.54, 1.807) is 0 Å². The molecule has 5 N–H and O–H groups in total. The minimum atomic E-state index is -0.651. The first kappa shape index (κ1) is 24.7. The maximum absolute atomic E-state index is 14.6. The topological polar surface area (TPSA) is 102 Å². The van der Waals surface area contributed by atoms with Gasteiger partial charge in [0.1, 0.15) is 0 Å². The lowest BCUT2D eigenvalue weighted by Crippen LogP contribution is -2.59. The number of halogens is 2. The van der Waals surface area contributed by atoms with Crippen LogP contribution >= 0.6 is 11.6 Å². The Hall–Kier alpha value is -2.00. The van der Waals surface area contributed by atoms with Crippen LogP contribution in [-0.4, -0.2) is 52.0 Å². The minimum absolute atomic E-state index is 0.168. The molecule has 0 amide bonds. The molecule has 4 bridgehead atoms. The number of nitrogens with zero attached hydrogens (tertiary/aromatic N) is 2. The number of anilines is 2. The van der Waals surface area contributed by atoms with Gasteiger partial charge in [0.2, 0.25) is 5.95 Å². The molecule has 1 aromatic carbocycles. The van der Waals surface area contributed by atoms with Gasteiger partial charge in [-0.3, -0.25) is 0 Å². The van der Waals surface area contributed by atoms with E-state index in [1.807, 2.05) is 24.3 Å². The molecule has 4 aliphatic carbocycles. The first-order valence-electron chi connectivity index (χ1n) is 12.7. The largest absolute Gasteiger partial charge is 0.394 e. The summed E-state index contributed by atoms with van der Waals surface area (Å²) in [5, 5.41) is 29.5. The van der Waals surface area contributed by atoms with E-state index in [1.165, 1.54) is 25.5 Å². The number of hydrogen-bond acceptors (Lipinski definition) is 7. The Bertz CT molecular complexity index is 1010.